The molecule has 0 bridgehead atoms. The van der Waals surface area contributed by atoms with E-state index in [1.54, 1.807) is 17.1 Å². The summed E-state index contributed by atoms with van der Waals surface area (Å²) >= 11 is 0. The van der Waals surface area contributed by atoms with E-state index in [9.17, 15) is 4.79 Å². The van der Waals surface area contributed by atoms with E-state index in [4.69, 9.17) is 10.5 Å². The molecule has 2 heterocycles. The van der Waals surface area contributed by atoms with E-state index < -0.39 is 0 Å². The number of rotatable bonds is 6. The van der Waals surface area contributed by atoms with Crippen molar-refractivity contribution in [2.24, 2.45) is 7.05 Å². The van der Waals surface area contributed by atoms with Gasteiger partial charge in [-0.05, 0) is 67.8 Å². The quantitative estimate of drug-likeness (QED) is 0.435. The fourth-order valence-corrected chi connectivity index (χ4v) is 3.49. The second kappa shape index (κ2) is 9.16. The van der Waals surface area contributed by atoms with Crippen molar-refractivity contribution in [3.63, 3.8) is 0 Å². The molecule has 0 fully saturated rings. The van der Waals surface area contributed by atoms with Crippen molar-refractivity contribution in [1.82, 2.24) is 14.8 Å². The first-order valence-corrected chi connectivity index (χ1v) is 10.7. The first-order valence-electron chi connectivity index (χ1n) is 10.7. The van der Waals surface area contributed by atoms with Gasteiger partial charge in [-0.25, -0.2) is 4.98 Å². The van der Waals surface area contributed by atoms with Gasteiger partial charge in [0.25, 0.3) is 5.91 Å². The minimum absolute atomic E-state index is 0.151. The van der Waals surface area contributed by atoms with Crippen LogP contribution in [0.1, 0.15) is 40.1 Å². The standard InChI is InChI=1S/C26H27N5O2/c1-16-8-9-20(10-17(16)2)26(32)30-23-7-5-6-19(11-23)18(3)33-24-12-21(13-28-25(24)27)22-14-29-31(4)15-22/h5-15,18H,1-4H3,(H2,27,28)(H,30,32). The predicted molar refractivity (Wildman–Crippen MR) is 130 cm³/mol. The summed E-state index contributed by atoms with van der Waals surface area (Å²) in [5.74, 6) is 0.656. The number of amides is 1. The van der Waals surface area contributed by atoms with Crippen LogP contribution in [0.5, 0.6) is 5.75 Å². The molecular weight excluding hydrogens is 414 g/mol. The second-order valence-corrected chi connectivity index (χ2v) is 8.15. The summed E-state index contributed by atoms with van der Waals surface area (Å²) in [5, 5.41) is 7.17. The van der Waals surface area contributed by atoms with E-state index in [1.807, 2.05) is 82.5 Å². The van der Waals surface area contributed by atoms with Crippen LogP contribution in [0.4, 0.5) is 11.5 Å². The minimum atomic E-state index is -0.309. The number of benzene rings is 2. The number of nitrogens with two attached hydrogens (primary N) is 1. The van der Waals surface area contributed by atoms with Crippen LogP contribution in [0.3, 0.4) is 0 Å². The summed E-state index contributed by atoms with van der Waals surface area (Å²) in [5.41, 5.74) is 12.3. The molecule has 2 aromatic carbocycles. The van der Waals surface area contributed by atoms with Crippen LogP contribution in [-0.2, 0) is 7.05 Å². The van der Waals surface area contributed by atoms with Crippen molar-refractivity contribution in [3.05, 3.63) is 89.4 Å². The third-order valence-corrected chi connectivity index (χ3v) is 5.61. The summed E-state index contributed by atoms with van der Waals surface area (Å²) in [6.07, 6.45) is 5.06. The van der Waals surface area contributed by atoms with Crippen LogP contribution >= 0.6 is 0 Å². The molecule has 0 radical (unpaired) electrons. The number of nitrogen functional groups attached to an aromatic ring is 1. The highest BCUT2D eigenvalue weighted by Gasteiger charge is 2.14. The van der Waals surface area contributed by atoms with Gasteiger partial charge in [0, 0.05) is 41.8 Å². The molecule has 168 valence electrons. The maximum absolute atomic E-state index is 12.7. The topological polar surface area (TPSA) is 95.1 Å². The van der Waals surface area contributed by atoms with Crippen LogP contribution in [0.2, 0.25) is 0 Å². The van der Waals surface area contributed by atoms with Crippen molar-refractivity contribution >= 4 is 17.4 Å². The molecule has 1 unspecified atom stereocenters. The van der Waals surface area contributed by atoms with E-state index in [2.05, 4.69) is 15.4 Å². The van der Waals surface area contributed by atoms with E-state index in [0.29, 0.717) is 22.8 Å². The Kier molecular flexibility index (Phi) is 6.13. The Morgan fingerprint density at radius 1 is 1.06 bits per heavy atom. The number of hydrogen-bond donors (Lipinski definition) is 2. The predicted octanol–water partition coefficient (Wildman–Crippen LogP) is 5.07. The molecule has 2 aromatic heterocycles. The molecule has 33 heavy (non-hydrogen) atoms. The van der Waals surface area contributed by atoms with Crippen LogP contribution in [0.15, 0.2) is 67.1 Å². The molecule has 0 saturated heterocycles. The molecule has 0 aliphatic carbocycles. The van der Waals surface area contributed by atoms with Crippen molar-refractivity contribution in [2.75, 3.05) is 11.1 Å². The van der Waals surface area contributed by atoms with Gasteiger partial charge in [0.15, 0.2) is 11.6 Å². The Hall–Kier alpha value is -4.13. The molecule has 7 nitrogen and oxygen atoms in total. The fourth-order valence-electron chi connectivity index (χ4n) is 3.49. The number of pyridine rings is 1. The number of hydrogen-bond acceptors (Lipinski definition) is 5. The van der Waals surface area contributed by atoms with Crippen LogP contribution in [0.25, 0.3) is 11.1 Å². The van der Waals surface area contributed by atoms with Crippen molar-refractivity contribution in [2.45, 2.75) is 26.9 Å². The zero-order valence-corrected chi connectivity index (χ0v) is 19.2. The van der Waals surface area contributed by atoms with Crippen LogP contribution in [-0.4, -0.2) is 20.7 Å². The Morgan fingerprint density at radius 2 is 1.88 bits per heavy atom. The number of carbonyl (C=O) groups excluding carboxylic acids is 1. The molecule has 4 aromatic rings. The maximum Gasteiger partial charge on any atom is 0.255 e. The zero-order valence-electron chi connectivity index (χ0n) is 19.2. The lowest BCUT2D eigenvalue weighted by Crippen LogP contribution is -2.13. The summed E-state index contributed by atoms with van der Waals surface area (Å²) < 4.78 is 7.87. The molecule has 0 saturated carbocycles. The van der Waals surface area contributed by atoms with Gasteiger partial charge in [-0.1, -0.05) is 18.2 Å². The Morgan fingerprint density at radius 3 is 2.61 bits per heavy atom. The first-order chi connectivity index (χ1) is 15.8. The van der Waals surface area contributed by atoms with Gasteiger partial charge in [-0.2, -0.15) is 5.10 Å². The number of nitrogens with zero attached hydrogens (tertiary/aromatic N) is 3. The smallest absolute Gasteiger partial charge is 0.255 e. The van der Waals surface area contributed by atoms with Crippen LogP contribution < -0.4 is 15.8 Å². The maximum atomic E-state index is 12.7. The number of nitrogens with one attached hydrogen (secondary N) is 1. The van der Waals surface area contributed by atoms with Gasteiger partial charge in [0.1, 0.15) is 6.10 Å². The molecule has 3 N–H and O–H groups in total. The third kappa shape index (κ3) is 5.03. The van der Waals surface area contributed by atoms with Gasteiger partial charge in [-0.15, -0.1) is 0 Å². The minimum Gasteiger partial charge on any atom is -0.482 e. The zero-order chi connectivity index (χ0) is 23.5. The molecule has 7 heteroatoms. The number of anilines is 2. The highest BCUT2D eigenvalue weighted by atomic mass is 16.5. The number of aryl methyl sites for hydroxylation is 3. The molecule has 0 aliphatic rings. The number of carbonyl (C=O) groups is 1. The Labute approximate surface area is 193 Å². The lowest BCUT2D eigenvalue weighted by Gasteiger charge is -2.18. The molecule has 1 atom stereocenters. The molecule has 0 aliphatic heterocycles. The summed E-state index contributed by atoms with van der Waals surface area (Å²) in [4.78, 5) is 17.0. The normalized spacial score (nSPS) is 11.8. The highest BCUT2D eigenvalue weighted by Crippen LogP contribution is 2.31. The summed E-state index contributed by atoms with van der Waals surface area (Å²) in [7, 11) is 1.86. The number of ether oxygens (including phenoxy) is 1. The lowest BCUT2D eigenvalue weighted by atomic mass is 10.1. The van der Waals surface area contributed by atoms with E-state index >= 15 is 0 Å². The lowest BCUT2D eigenvalue weighted by molar-refractivity contribution is 0.102. The molecule has 0 spiro atoms. The van der Waals surface area contributed by atoms with Crippen molar-refractivity contribution in [1.29, 1.82) is 0 Å². The number of aromatic nitrogens is 3. The Bertz CT molecular complexity index is 1310. The molecular formula is C26H27N5O2. The largest absolute Gasteiger partial charge is 0.482 e. The SMILES string of the molecule is Cc1ccc(C(=O)Nc2cccc(C(C)Oc3cc(-c4cnn(C)c4)cnc3N)c2)cc1C. The van der Waals surface area contributed by atoms with Gasteiger partial charge in [0.2, 0.25) is 0 Å². The monoisotopic (exact) mass is 441 g/mol. The average molecular weight is 442 g/mol. The highest BCUT2D eigenvalue weighted by molar-refractivity contribution is 6.04. The average Bonchev–Trinajstić information content (AvgIpc) is 3.23. The van der Waals surface area contributed by atoms with Crippen molar-refractivity contribution < 1.29 is 9.53 Å². The molecule has 4 rings (SSSR count). The van der Waals surface area contributed by atoms with Crippen LogP contribution in [0, 0.1) is 13.8 Å². The summed E-state index contributed by atoms with van der Waals surface area (Å²) in [6, 6.07) is 15.1. The third-order valence-electron chi connectivity index (χ3n) is 5.61. The van der Waals surface area contributed by atoms with Gasteiger partial charge < -0.3 is 15.8 Å². The van der Waals surface area contributed by atoms with E-state index in [-0.39, 0.29) is 12.0 Å². The summed E-state index contributed by atoms with van der Waals surface area (Å²) in [6.45, 7) is 5.95. The fraction of sp³-hybridized carbons (Fsp3) is 0.192. The van der Waals surface area contributed by atoms with Gasteiger partial charge in [0.05, 0.1) is 6.20 Å². The molecule has 1 amide bonds. The second-order valence-electron chi connectivity index (χ2n) is 8.15. The first kappa shape index (κ1) is 22.1. The van der Waals surface area contributed by atoms with Gasteiger partial charge in [-0.3, -0.25) is 9.48 Å². The van der Waals surface area contributed by atoms with Crippen molar-refractivity contribution in [3.8, 4) is 16.9 Å². The van der Waals surface area contributed by atoms with Gasteiger partial charge >= 0.3 is 0 Å². The Balaban J connectivity index is 1.50. The van der Waals surface area contributed by atoms with E-state index in [1.165, 1.54) is 0 Å². The van der Waals surface area contributed by atoms with E-state index in [0.717, 1.165) is 27.8 Å².